The third kappa shape index (κ3) is 11.6. The van der Waals surface area contributed by atoms with E-state index >= 15 is 0 Å². The first-order chi connectivity index (χ1) is 21.3. The lowest BCUT2D eigenvalue weighted by Gasteiger charge is -2.39. The molecule has 240 valence electrons. The Labute approximate surface area is 261 Å². The summed E-state index contributed by atoms with van der Waals surface area (Å²) in [4.78, 5) is 12.6. The van der Waals surface area contributed by atoms with Crippen LogP contribution >= 0.6 is 7.60 Å². The minimum atomic E-state index is -3.56. The SMILES string of the molecule is COC(CP(=O)(OC)OC)C(OCc1ccccc1)C(OC(C)=O)C(OCc1ccccc1)C(C)COCc1ccccc1. The van der Waals surface area contributed by atoms with Crippen molar-refractivity contribution in [1.82, 2.24) is 0 Å². The average Bonchev–Trinajstić information content (AvgIpc) is 3.05. The van der Waals surface area contributed by atoms with Crippen molar-refractivity contribution in [2.45, 2.75) is 58.1 Å². The first-order valence-electron chi connectivity index (χ1n) is 14.6. The van der Waals surface area contributed by atoms with E-state index in [1.807, 2.05) is 97.9 Å². The quantitative estimate of drug-likeness (QED) is 0.103. The summed E-state index contributed by atoms with van der Waals surface area (Å²) in [5.41, 5.74) is 2.89. The number of esters is 1. The number of carbonyl (C=O) groups excluding carboxylic acids is 1. The maximum Gasteiger partial charge on any atom is 0.332 e. The lowest BCUT2D eigenvalue weighted by molar-refractivity contribution is -0.197. The van der Waals surface area contributed by atoms with Crippen molar-refractivity contribution in [3.05, 3.63) is 108 Å². The fraction of sp³-hybridized carbons (Fsp3) is 0.441. The number of rotatable bonds is 20. The van der Waals surface area contributed by atoms with E-state index < -0.39 is 38.0 Å². The standard InChI is InChI=1S/C34H45O9P/c1-26(21-40-22-28-15-9-6-10-16-28)32(41-23-29-17-11-7-12-18-29)34(43-27(2)35)33(42-24-30-19-13-8-14-20-30)31(37-3)25-44(36,38-4)39-5/h6-20,26,31-34H,21-25H2,1-5H3. The Hall–Kier alpha value is -2.88. The highest BCUT2D eigenvalue weighted by Gasteiger charge is 2.44. The molecule has 0 heterocycles. The van der Waals surface area contributed by atoms with Crippen LogP contribution in [0.25, 0.3) is 0 Å². The Morgan fingerprint density at radius 1 is 0.682 bits per heavy atom. The molecule has 0 aliphatic rings. The summed E-state index contributed by atoms with van der Waals surface area (Å²) in [6, 6.07) is 29.2. The molecule has 0 fully saturated rings. The van der Waals surface area contributed by atoms with Crippen LogP contribution in [0.2, 0.25) is 0 Å². The molecule has 0 radical (unpaired) electrons. The normalized spacial score (nSPS) is 15.2. The van der Waals surface area contributed by atoms with Gasteiger partial charge in [0.25, 0.3) is 0 Å². The van der Waals surface area contributed by atoms with E-state index in [0.29, 0.717) is 13.2 Å². The van der Waals surface area contributed by atoms with E-state index in [2.05, 4.69) is 0 Å². The molecule has 44 heavy (non-hydrogen) atoms. The van der Waals surface area contributed by atoms with Crippen LogP contribution in [0, 0.1) is 5.92 Å². The van der Waals surface area contributed by atoms with Crippen molar-refractivity contribution in [3.8, 4) is 0 Å². The molecule has 0 aromatic heterocycles. The first-order valence-corrected chi connectivity index (χ1v) is 16.3. The van der Waals surface area contributed by atoms with Gasteiger partial charge < -0.3 is 32.7 Å². The summed E-state index contributed by atoms with van der Waals surface area (Å²) in [5, 5.41) is 0. The zero-order valence-electron chi connectivity index (χ0n) is 26.2. The molecule has 0 saturated heterocycles. The van der Waals surface area contributed by atoms with Crippen LogP contribution in [0.3, 0.4) is 0 Å². The fourth-order valence-corrected chi connectivity index (χ4v) is 6.08. The first kappa shape index (κ1) is 35.6. The van der Waals surface area contributed by atoms with Crippen LogP contribution in [0.1, 0.15) is 30.5 Å². The number of carbonyl (C=O) groups is 1. The molecular weight excluding hydrogens is 583 g/mol. The van der Waals surface area contributed by atoms with Gasteiger partial charge in [-0.1, -0.05) is 97.9 Å². The second-order valence-corrected chi connectivity index (χ2v) is 12.8. The van der Waals surface area contributed by atoms with Crippen molar-refractivity contribution in [2.75, 3.05) is 34.1 Å². The number of hydrogen-bond acceptors (Lipinski definition) is 9. The third-order valence-electron chi connectivity index (χ3n) is 7.20. The van der Waals surface area contributed by atoms with Crippen molar-refractivity contribution in [2.24, 2.45) is 5.92 Å². The molecule has 0 spiro atoms. The molecule has 10 heteroatoms. The molecule has 3 aromatic rings. The zero-order valence-corrected chi connectivity index (χ0v) is 27.1. The van der Waals surface area contributed by atoms with Crippen molar-refractivity contribution in [3.63, 3.8) is 0 Å². The zero-order chi connectivity index (χ0) is 31.8. The van der Waals surface area contributed by atoms with Crippen molar-refractivity contribution in [1.29, 1.82) is 0 Å². The summed E-state index contributed by atoms with van der Waals surface area (Å²) in [6.45, 7) is 4.46. The molecule has 0 amide bonds. The van der Waals surface area contributed by atoms with Gasteiger partial charge in [0.05, 0.1) is 38.7 Å². The lowest BCUT2D eigenvalue weighted by atomic mass is 9.93. The Balaban J connectivity index is 1.97. The molecule has 0 aliphatic carbocycles. The topological polar surface area (TPSA) is 98.8 Å². The van der Waals surface area contributed by atoms with Gasteiger partial charge in [-0.2, -0.15) is 0 Å². The van der Waals surface area contributed by atoms with Gasteiger partial charge in [0.1, 0.15) is 12.2 Å². The largest absolute Gasteiger partial charge is 0.457 e. The number of benzene rings is 3. The number of ether oxygens (including phenoxy) is 5. The summed E-state index contributed by atoms with van der Waals surface area (Å²) in [5.74, 6) is -0.783. The highest BCUT2D eigenvalue weighted by Crippen LogP contribution is 2.48. The smallest absolute Gasteiger partial charge is 0.332 e. The van der Waals surface area contributed by atoms with Crippen molar-refractivity contribution >= 4 is 13.6 Å². The van der Waals surface area contributed by atoms with Crippen molar-refractivity contribution < 1.29 is 42.1 Å². The van der Waals surface area contributed by atoms with Gasteiger partial charge in [-0.25, -0.2) is 0 Å². The van der Waals surface area contributed by atoms with Crippen LogP contribution < -0.4 is 0 Å². The number of hydrogen-bond donors (Lipinski definition) is 0. The third-order valence-corrected chi connectivity index (χ3v) is 9.12. The molecule has 5 atom stereocenters. The van der Waals surface area contributed by atoms with E-state index in [9.17, 15) is 9.36 Å². The van der Waals surface area contributed by atoms with E-state index in [1.54, 1.807) is 0 Å². The summed E-state index contributed by atoms with van der Waals surface area (Å²) in [7, 11) is 0.561. The fourth-order valence-electron chi connectivity index (χ4n) is 4.83. The van der Waals surface area contributed by atoms with Gasteiger partial charge in [0.15, 0.2) is 6.10 Å². The van der Waals surface area contributed by atoms with Crippen LogP contribution in [0.5, 0.6) is 0 Å². The monoisotopic (exact) mass is 628 g/mol. The lowest BCUT2D eigenvalue weighted by Crippen LogP contribution is -2.53. The minimum absolute atomic E-state index is 0.141. The van der Waals surface area contributed by atoms with Crippen LogP contribution in [0.4, 0.5) is 0 Å². The Morgan fingerprint density at radius 2 is 1.14 bits per heavy atom. The molecule has 5 unspecified atom stereocenters. The second-order valence-electron chi connectivity index (χ2n) is 10.5. The van der Waals surface area contributed by atoms with E-state index in [-0.39, 0.29) is 25.3 Å². The Morgan fingerprint density at radius 3 is 1.57 bits per heavy atom. The molecule has 9 nitrogen and oxygen atoms in total. The summed E-state index contributed by atoms with van der Waals surface area (Å²) < 4.78 is 54.8. The summed E-state index contributed by atoms with van der Waals surface area (Å²) in [6.07, 6.45) is -3.58. The van der Waals surface area contributed by atoms with Gasteiger partial charge in [0, 0.05) is 34.2 Å². The molecule has 0 aliphatic heterocycles. The van der Waals surface area contributed by atoms with E-state index in [1.165, 1.54) is 28.3 Å². The highest BCUT2D eigenvalue weighted by atomic mass is 31.2. The summed E-state index contributed by atoms with van der Waals surface area (Å²) >= 11 is 0. The van der Waals surface area contributed by atoms with Crippen LogP contribution in [-0.4, -0.2) is 64.5 Å². The molecule has 0 N–H and O–H groups in total. The molecule has 3 aromatic carbocycles. The van der Waals surface area contributed by atoms with E-state index in [4.69, 9.17) is 32.7 Å². The van der Waals surface area contributed by atoms with Gasteiger partial charge in [-0.05, 0) is 16.7 Å². The average molecular weight is 629 g/mol. The van der Waals surface area contributed by atoms with Gasteiger partial charge >= 0.3 is 13.6 Å². The molecule has 0 bridgehead atoms. The molecular formula is C34H45O9P. The van der Waals surface area contributed by atoms with Gasteiger partial charge in [0.2, 0.25) is 0 Å². The van der Waals surface area contributed by atoms with Gasteiger partial charge in [-0.3, -0.25) is 9.36 Å². The van der Waals surface area contributed by atoms with Crippen LogP contribution in [0.15, 0.2) is 91.0 Å². The van der Waals surface area contributed by atoms with Crippen LogP contribution in [-0.2, 0) is 61.9 Å². The minimum Gasteiger partial charge on any atom is -0.457 e. The van der Waals surface area contributed by atoms with Gasteiger partial charge in [-0.15, -0.1) is 0 Å². The predicted octanol–water partition coefficient (Wildman–Crippen LogP) is 6.44. The molecule has 0 saturated carbocycles. The second kappa shape index (κ2) is 18.8. The highest BCUT2D eigenvalue weighted by molar-refractivity contribution is 7.53. The Bertz CT molecular complexity index is 1250. The number of methoxy groups -OCH3 is 1. The maximum absolute atomic E-state index is 13.3. The van der Waals surface area contributed by atoms with E-state index in [0.717, 1.165) is 16.7 Å². The Kier molecular flexibility index (Phi) is 15.2. The maximum atomic E-state index is 13.3. The predicted molar refractivity (Wildman–Crippen MR) is 168 cm³/mol. The molecule has 3 rings (SSSR count).